The molecule has 0 atom stereocenters. The zero-order valence-corrected chi connectivity index (χ0v) is 17.7. The van der Waals surface area contributed by atoms with E-state index in [-0.39, 0.29) is 12.6 Å². The van der Waals surface area contributed by atoms with Crippen molar-refractivity contribution in [1.82, 2.24) is 0 Å². The second-order valence-electron chi connectivity index (χ2n) is 7.35. The van der Waals surface area contributed by atoms with Crippen molar-refractivity contribution in [3.8, 4) is 5.75 Å². The Balaban J connectivity index is 1.67. The molecule has 0 unspecified atom stereocenters. The van der Waals surface area contributed by atoms with Crippen LogP contribution < -0.4 is 14.4 Å². The molecular formula is C22H28N2O4S. The van der Waals surface area contributed by atoms with Gasteiger partial charge in [0, 0.05) is 5.69 Å². The third-order valence-corrected chi connectivity index (χ3v) is 6.20. The van der Waals surface area contributed by atoms with Gasteiger partial charge in [-0.2, -0.15) is 0 Å². The summed E-state index contributed by atoms with van der Waals surface area (Å²) in [4.78, 5) is 12.6. The van der Waals surface area contributed by atoms with Crippen molar-refractivity contribution < 1.29 is 17.9 Å². The topological polar surface area (TPSA) is 75.7 Å². The summed E-state index contributed by atoms with van der Waals surface area (Å²) in [5.74, 6) is 0.385. The minimum Gasteiger partial charge on any atom is -0.490 e. The smallest absolute Gasteiger partial charge is 0.245 e. The molecule has 0 heterocycles. The fraction of sp³-hybridized carbons (Fsp3) is 0.409. The van der Waals surface area contributed by atoms with Crippen LogP contribution in [0.4, 0.5) is 11.4 Å². The largest absolute Gasteiger partial charge is 0.490 e. The van der Waals surface area contributed by atoms with Gasteiger partial charge in [-0.15, -0.1) is 0 Å². The predicted molar refractivity (Wildman–Crippen MR) is 116 cm³/mol. The molecule has 3 rings (SSSR count). The number of carbonyl (C=O) groups is 1. The van der Waals surface area contributed by atoms with Crippen LogP contribution in [0.5, 0.6) is 5.75 Å². The lowest BCUT2D eigenvalue weighted by Crippen LogP contribution is -2.38. The van der Waals surface area contributed by atoms with Crippen molar-refractivity contribution in [3.63, 3.8) is 0 Å². The van der Waals surface area contributed by atoms with Gasteiger partial charge in [0.05, 0.1) is 18.0 Å². The Morgan fingerprint density at radius 3 is 2.38 bits per heavy atom. The lowest BCUT2D eigenvalue weighted by Gasteiger charge is -2.24. The SMILES string of the molecule is CCc1ccccc1N(CC(=O)Nc1ccc(OC2CCCC2)cc1)S(C)(=O)=O. The average Bonchev–Trinajstić information content (AvgIpc) is 3.20. The lowest BCUT2D eigenvalue weighted by molar-refractivity contribution is -0.114. The first kappa shape index (κ1) is 21.2. The van der Waals surface area contributed by atoms with E-state index >= 15 is 0 Å². The Labute approximate surface area is 172 Å². The molecular weight excluding hydrogens is 388 g/mol. The van der Waals surface area contributed by atoms with E-state index in [4.69, 9.17) is 4.74 Å². The Hall–Kier alpha value is -2.54. The number of anilines is 2. The molecule has 1 amide bonds. The summed E-state index contributed by atoms with van der Waals surface area (Å²) in [6.07, 6.45) is 6.64. The quantitative estimate of drug-likeness (QED) is 0.706. The Bertz CT molecular complexity index is 936. The first-order chi connectivity index (χ1) is 13.9. The fourth-order valence-electron chi connectivity index (χ4n) is 3.58. The molecule has 1 N–H and O–H groups in total. The molecule has 0 aromatic heterocycles. The van der Waals surface area contributed by atoms with Gasteiger partial charge < -0.3 is 10.1 Å². The highest BCUT2D eigenvalue weighted by Crippen LogP contribution is 2.26. The number of benzene rings is 2. The van der Waals surface area contributed by atoms with Crippen molar-refractivity contribution in [3.05, 3.63) is 54.1 Å². The van der Waals surface area contributed by atoms with E-state index in [0.717, 1.165) is 34.7 Å². The number of aryl methyl sites for hydroxylation is 1. The van der Waals surface area contributed by atoms with Crippen LogP contribution in [0.3, 0.4) is 0 Å². The molecule has 1 fully saturated rings. The summed E-state index contributed by atoms with van der Waals surface area (Å²) >= 11 is 0. The summed E-state index contributed by atoms with van der Waals surface area (Å²) in [5.41, 5.74) is 2.01. The Kier molecular flexibility index (Phi) is 6.79. The van der Waals surface area contributed by atoms with Gasteiger partial charge in [0.1, 0.15) is 12.3 Å². The maximum Gasteiger partial charge on any atom is 0.245 e. The van der Waals surface area contributed by atoms with E-state index < -0.39 is 15.9 Å². The molecule has 7 heteroatoms. The summed E-state index contributed by atoms with van der Waals surface area (Å²) < 4.78 is 31.7. The monoisotopic (exact) mass is 416 g/mol. The predicted octanol–water partition coefficient (Wildman–Crippen LogP) is 3.98. The van der Waals surface area contributed by atoms with Gasteiger partial charge in [0.15, 0.2) is 0 Å². The van der Waals surface area contributed by atoms with E-state index in [1.54, 1.807) is 24.3 Å². The number of hydrogen-bond acceptors (Lipinski definition) is 4. The van der Waals surface area contributed by atoms with Crippen LogP contribution in [0.2, 0.25) is 0 Å². The van der Waals surface area contributed by atoms with Crippen molar-refractivity contribution >= 4 is 27.3 Å². The van der Waals surface area contributed by atoms with Crippen LogP contribution in [0.15, 0.2) is 48.5 Å². The molecule has 156 valence electrons. The standard InChI is InChI=1S/C22H28N2O4S/c1-3-17-8-4-7-11-21(17)24(29(2,26)27)16-22(25)23-18-12-14-20(15-13-18)28-19-9-5-6-10-19/h4,7-8,11-15,19H,3,5-6,9-10,16H2,1-2H3,(H,23,25). The van der Waals surface area contributed by atoms with Crippen LogP contribution >= 0.6 is 0 Å². The number of ether oxygens (including phenoxy) is 1. The lowest BCUT2D eigenvalue weighted by atomic mass is 10.1. The fourth-order valence-corrected chi connectivity index (χ4v) is 4.47. The number of nitrogens with one attached hydrogen (secondary N) is 1. The van der Waals surface area contributed by atoms with Gasteiger partial charge in [-0.05, 0) is 68.0 Å². The summed E-state index contributed by atoms with van der Waals surface area (Å²) in [7, 11) is -3.61. The van der Waals surface area contributed by atoms with Crippen LogP contribution in [-0.4, -0.2) is 33.2 Å². The number of carbonyl (C=O) groups excluding carboxylic acids is 1. The van der Waals surface area contributed by atoms with Crippen molar-refractivity contribution in [2.24, 2.45) is 0 Å². The molecule has 1 saturated carbocycles. The van der Waals surface area contributed by atoms with Crippen molar-refractivity contribution in [2.45, 2.75) is 45.1 Å². The molecule has 2 aromatic rings. The first-order valence-electron chi connectivity index (χ1n) is 9.99. The van der Waals surface area contributed by atoms with Crippen LogP contribution in [0.25, 0.3) is 0 Å². The van der Waals surface area contributed by atoms with E-state index in [1.807, 2.05) is 31.2 Å². The molecule has 2 aromatic carbocycles. The maximum absolute atomic E-state index is 12.6. The number of amides is 1. The normalized spacial score (nSPS) is 14.6. The number of hydrogen-bond donors (Lipinski definition) is 1. The maximum atomic E-state index is 12.6. The highest BCUT2D eigenvalue weighted by molar-refractivity contribution is 7.92. The number of rotatable bonds is 8. The van der Waals surface area contributed by atoms with Gasteiger partial charge in [0.2, 0.25) is 15.9 Å². The molecule has 0 saturated heterocycles. The van der Waals surface area contributed by atoms with Crippen LogP contribution in [-0.2, 0) is 21.2 Å². The van der Waals surface area contributed by atoms with E-state index in [1.165, 1.54) is 12.8 Å². The Morgan fingerprint density at radius 2 is 1.76 bits per heavy atom. The Morgan fingerprint density at radius 1 is 1.10 bits per heavy atom. The van der Waals surface area contributed by atoms with Gasteiger partial charge >= 0.3 is 0 Å². The number of nitrogens with zero attached hydrogens (tertiary/aromatic N) is 1. The highest BCUT2D eigenvalue weighted by Gasteiger charge is 2.23. The van der Waals surface area contributed by atoms with Crippen molar-refractivity contribution in [1.29, 1.82) is 0 Å². The number of sulfonamides is 1. The molecule has 0 aliphatic heterocycles. The zero-order valence-electron chi connectivity index (χ0n) is 16.9. The second-order valence-corrected chi connectivity index (χ2v) is 9.26. The third kappa shape index (κ3) is 5.73. The van der Waals surface area contributed by atoms with Crippen LogP contribution in [0.1, 0.15) is 38.2 Å². The molecule has 0 bridgehead atoms. The van der Waals surface area contributed by atoms with Crippen molar-refractivity contribution in [2.75, 3.05) is 22.4 Å². The molecule has 1 aliphatic carbocycles. The molecule has 0 radical (unpaired) electrons. The number of para-hydroxylation sites is 1. The van der Waals surface area contributed by atoms with Gasteiger partial charge in [-0.25, -0.2) is 8.42 Å². The first-order valence-corrected chi connectivity index (χ1v) is 11.8. The summed E-state index contributed by atoms with van der Waals surface area (Å²) in [6.45, 7) is 1.67. The van der Waals surface area contributed by atoms with Gasteiger partial charge in [-0.3, -0.25) is 9.10 Å². The second kappa shape index (κ2) is 9.31. The van der Waals surface area contributed by atoms with Crippen LogP contribution in [0, 0.1) is 0 Å². The summed E-state index contributed by atoms with van der Waals surface area (Å²) in [5, 5.41) is 2.77. The molecule has 0 spiro atoms. The average molecular weight is 417 g/mol. The van der Waals surface area contributed by atoms with Gasteiger partial charge in [0.25, 0.3) is 0 Å². The molecule has 1 aliphatic rings. The third-order valence-electron chi connectivity index (χ3n) is 5.07. The highest BCUT2D eigenvalue weighted by atomic mass is 32.2. The van der Waals surface area contributed by atoms with E-state index in [9.17, 15) is 13.2 Å². The zero-order chi connectivity index (χ0) is 20.9. The van der Waals surface area contributed by atoms with E-state index in [2.05, 4.69) is 5.32 Å². The minimum absolute atomic E-state index is 0.275. The minimum atomic E-state index is -3.61. The van der Waals surface area contributed by atoms with Gasteiger partial charge in [-0.1, -0.05) is 25.1 Å². The summed E-state index contributed by atoms with van der Waals surface area (Å²) in [6, 6.07) is 14.4. The molecule has 6 nitrogen and oxygen atoms in total. The molecule has 29 heavy (non-hydrogen) atoms. The van der Waals surface area contributed by atoms with E-state index in [0.29, 0.717) is 17.8 Å².